The van der Waals surface area contributed by atoms with Crippen molar-refractivity contribution in [3.8, 4) is 11.6 Å². The van der Waals surface area contributed by atoms with E-state index in [1.54, 1.807) is 27.5 Å². The molecular weight excluding hydrogens is 304 g/mol. The molecule has 0 aliphatic rings. The standard InChI is InChI=1S/C18H24N4O2/c1-13-5-6-15(16(9-13)23-3)12-22-18(19-2)21-11-14-7-8-20-17(10-14)24-4/h5-10H,11-12H2,1-4H3,(H2,19,21,22). The van der Waals surface area contributed by atoms with Crippen LogP contribution in [0.15, 0.2) is 41.5 Å². The summed E-state index contributed by atoms with van der Waals surface area (Å²) in [6.07, 6.45) is 1.73. The van der Waals surface area contributed by atoms with E-state index in [1.807, 2.05) is 25.1 Å². The zero-order valence-electron chi connectivity index (χ0n) is 14.6. The molecule has 128 valence electrons. The molecule has 1 aromatic heterocycles. The van der Waals surface area contributed by atoms with Gasteiger partial charge in [0, 0.05) is 38.0 Å². The Bertz CT molecular complexity index is 701. The molecule has 24 heavy (non-hydrogen) atoms. The molecule has 0 spiro atoms. The Hall–Kier alpha value is -2.76. The summed E-state index contributed by atoms with van der Waals surface area (Å²) >= 11 is 0. The van der Waals surface area contributed by atoms with Crippen molar-refractivity contribution in [1.29, 1.82) is 0 Å². The molecule has 0 saturated carbocycles. The van der Waals surface area contributed by atoms with Crippen LogP contribution in [0.2, 0.25) is 0 Å². The molecule has 0 aliphatic heterocycles. The van der Waals surface area contributed by atoms with Gasteiger partial charge in [0.2, 0.25) is 5.88 Å². The number of methoxy groups -OCH3 is 2. The lowest BCUT2D eigenvalue weighted by Crippen LogP contribution is -2.36. The molecule has 6 heteroatoms. The molecular formula is C18H24N4O2. The van der Waals surface area contributed by atoms with Gasteiger partial charge in [-0.3, -0.25) is 4.99 Å². The van der Waals surface area contributed by atoms with E-state index < -0.39 is 0 Å². The van der Waals surface area contributed by atoms with Crippen LogP contribution in [0.25, 0.3) is 0 Å². The lowest BCUT2D eigenvalue weighted by atomic mass is 10.1. The fraction of sp³-hybridized carbons (Fsp3) is 0.333. The first kappa shape index (κ1) is 17.6. The highest BCUT2D eigenvalue weighted by molar-refractivity contribution is 5.79. The number of nitrogens with zero attached hydrogens (tertiary/aromatic N) is 2. The maximum Gasteiger partial charge on any atom is 0.213 e. The maximum atomic E-state index is 5.43. The average molecular weight is 328 g/mol. The number of aryl methyl sites for hydroxylation is 1. The molecule has 0 atom stereocenters. The fourth-order valence-electron chi connectivity index (χ4n) is 2.26. The van der Waals surface area contributed by atoms with Crippen LogP contribution >= 0.6 is 0 Å². The minimum atomic E-state index is 0.599. The quantitative estimate of drug-likeness (QED) is 0.629. The molecule has 1 heterocycles. The number of hydrogen-bond donors (Lipinski definition) is 2. The third kappa shape index (κ3) is 4.87. The molecule has 0 saturated heterocycles. The van der Waals surface area contributed by atoms with Crippen molar-refractivity contribution in [1.82, 2.24) is 15.6 Å². The van der Waals surface area contributed by atoms with Gasteiger partial charge >= 0.3 is 0 Å². The Labute approximate surface area is 142 Å². The number of hydrogen-bond acceptors (Lipinski definition) is 4. The fourth-order valence-corrected chi connectivity index (χ4v) is 2.26. The normalized spacial score (nSPS) is 11.1. The number of pyridine rings is 1. The number of guanidine groups is 1. The van der Waals surface area contributed by atoms with E-state index >= 15 is 0 Å². The SMILES string of the molecule is CN=C(NCc1ccnc(OC)c1)NCc1ccc(C)cc1OC. The minimum Gasteiger partial charge on any atom is -0.496 e. The number of aliphatic imine (C=N–C) groups is 1. The molecule has 1 aromatic carbocycles. The Morgan fingerprint density at radius 1 is 1.08 bits per heavy atom. The van der Waals surface area contributed by atoms with Crippen LogP contribution in [-0.2, 0) is 13.1 Å². The molecule has 0 unspecified atom stereocenters. The first-order chi connectivity index (χ1) is 11.7. The third-order valence-corrected chi connectivity index (χ3v) is 3.58. The lowest BCUT2D eigenvalue weighted by Gasteiger charge is -2.14. The van der Waals surface area contributed by atoms with E-state index in [2.05, 4.69) is 32.7 Å². The van der Waals surface area contributed by atoms with Gasteiger partial charge in [0.05, 0.1) is 14.2 Å². The van der Waals surface area contributed by atoms with E-state index in [0.29, 0.717) is 24.9 Å². The average Bonchev–Trinajstić information content (AvgIpc) is 2.62. The molecule has 0 amide bonds. The van der Waals surface area contributed by atoms with E-state index in [-0.39, 0.29) is 0 Å². The van der Waals surface area contributed by atoms with Crippen molar-refractivity contribution in [2.75, 3.05) is 21.3 Å². The summed E-state index contributed by atoms with van der Waals surface area (Å²) in [5.74, 6) is 2.19. The van der Waals surface area contributed by atoms with Crippen LogP contribution in [-0.4, -0.2) is 32.2 Å². The molecule has 0 bridgehead atoms. The summed E-state index contributed by atoms with van der Waals surface area (Å²) in [7, 11) is 5.03. The third-order valence-electron chi connectivity index (χ3n) is 3.58. The zero-order chi connectivity index (χ0) is 17.4. The van der Waals surface area contributed by atoms with Crippen LogP contribution in [0.5, 0.6) is 11.6 Å². The molecule has 2 aromatic rings. The van der Waals surface area contributed by atoms with Crippen molar-refractivity contribution >= 4 is 5.96 Å². The molecule has 2 rings (SSSR count). The van der Waals surface area contributed by atoms with E-state index in [0.717, 1.165) is 16.9 Å². The second-order valence-corrected chi connectivity index (χ2v) is 5.30. The highest BCUT2D eigenvalue weighted by atomic mass is 16.5. The summed E-state index contributed by atoms with van der Waals surface area (Å²) < 4.78 is 10.6. The second kappa shape index (κ2) is 8.76. The van der Waals surface area contributed by atoms with Crippen LogP contribution < -0.4 is 20.1 Å². The van der Waals surface area contributed by atoms with Crippen LogP contribution in [0.3, 0.4) is 0 Å². The number of aromatic nitrogens is 1. The van der Waals surface area contributed by atoms with Crippen molar-refractivity contribution in [2.45, 2.75) is 20.0 Å². The van der Waals surface area contributed by atoms with Crippen LogP contribution in [0.1, 0.15) is 16.7 Å². The number of ether oxygens (including phenoxy) is 2. The predicted molar refractivity (Wildman–Crippen MR) is 95.6 cm³/mol. The van der Waals surface area contributed by atoms with Crippen molar-refractivity contribution in [2.24, 2.45) is 4.99 Å². The van der Waals surface area contributed by atoms with Gasteiger partial charge < -0.3 is 20.1 Å². The van der Waals surface area contributed by atoms with Crippen LogP contribution in [0, 0.1) is 6.92 Å². The number of nitrogens with one attached hydrogen (secondary N) is 2. The topological polar surface area (TPSA) is 67.8 Å². The Balaban J connectivity index is 1.93. The number of rotatable bonds is 6. The van der Waals surface area contributed by atoms with Gasteiger partial charge in [-0.15, -0.1) is 0 Å². The van der Waals surface area contributed by atoms with E-state index in [1.165, 1.54) is 5.56 Å². The van der Waals surface area contributed by atoms with Crippen LogP contribution in [0.4, 0.5) is 0 Å². The predicted octanol–water partition coefficient (Wildman–Crippen LogP) is 2.27. The van der Waals surface area contributed by atoms with Gasteiger partial charge in [-0.25, -0.2) is 4.98 Å². The van der Waals surface area contributed by atoms with Gasteiger partial charge in [0.25, 0.3) is 0 Å². The smallest absolute Gasteiger partial charge is 0.213 e. The molecule has 2 N–H and O–H groups in total. The second-order valence-electron chi connectivity index (χ2n) is 5.30. The van der Waals surface area contributed by atoms with Crippen molar-refractivity contribution < 1.29 is 9.47 Å². The maximum absolute atomic E-state index is 5.43. The summed E-state index contributed by atoms with van der Waals surface area (Å²) in [4.78, 5) is 8.34. The van der Waals surface area contributed by atoms with Gasteiger partial charge in [-0.2, -0.15) is 0 Å². The summed E-state index contributed by atoms with van der Waals surface area (Å²) in [6.45, 7) is 3.30. The van der Waals surface area contributed by atoms with Gasteiger partial charge in [0.15, 0.2) is 5.96 Å². The van der Waals surface area contributed by atoms with E-state index in [4.69, 9.17) is 9.47 Å². The molecule has 0 radical (unpaired) electrons. The monoisotopic (exact) mass is 328 g/mol. The van der Waals surface area contributed by atoms with Crippen molar-refractivity contribution in [3.63, 3.8) is 0 Å². The molecule has 6 nitrogen and oxygen atoms in total. The highest BCUT2D eigenvalue weighted by Gasteiger charge is 2.05. The largest absolute Gasteiger partial charge is 0.496 e. The first-order valence-electron chi connectivity index (χ1n) is 7.73. The molecule has 0 aliphatic carbocycles. The summed E-state index contributed by atoms with van der Waals surface area (Å²) in [5.41, 5.74) is 3.32. The van der Waals surface area contributed by atoms with Gasteiger partial charge in [0.1, 0.15) is 5.75 Å². The molecule has 0 fully saturated rings. The zero-order valence-corrected chi connectivity index (χ0v) is 14.6. The Morgan fingerprint density at radius 2 is 1.88 bits per heavy atom. The minimum absolute atomic E-state index is 0.599. The summed E-state index contributed by atoms with van der Waals surface area (Å²) in [5, 5.41) is 6.56. The Morgan fingerprint density at radius 3 is 2.58 bits per heavy atom. The van der Waals surface area contributed by atoms with Crippen molar-refractivity contribution in [3.05, 3.63) is 53.2 Å². The highest BCUT2D eigenvalue weighted by Crippen LogP contribution is 2.19. The Kier molecular flexibility index (Phi) is 6.42. The number of benzene rings is 1. The lowest BCUT2D eigenvalue weighted by molar-refractivity contribution is 0.397. The van der Waals surface area contributed by atoms with Gasteiger partial charge in [-0.05, 0) is 30.2 Å². The van der Waals surface area contributed by atoms with Gasteiger partial charge in [-0.1, -0.05) is 12.1 Å². The summed E-state index contributed by atoms with van der Waals surface area (Å²) in [6, 6.07) is 9.98. The first-order valence-corrected chi connectivity index (χ1v) is 7.73. The van der Waals surface area contributed by atoms with E-state index in [9.17, 15) is 0 Å².